The van der Waals surface area contributed by atoms with Crippen molar-refractivity contribution in [2.45, 2.75) is 6.92 Å². The number of halogens is 1. The van der Waals surface area contributed by atoms with E-state index in [0.717, 1.165) is 0 Å². The first-order chi connectivity index (χ1) is 7.99. The molecule has 88 valence electrons. The summed E-state index contributed by atoms with van der Waals surface area (Å²) in [5.74, 6) is -0.445. The second kappa shape index (κ2) is 4.01. The zero-order valence-electron chi connectivity index (χ0n) is 9.57. The van der Waals surface area contributed by atoms with Crippen LogP contribution < -0.4 is 11.3 Å². The molecular weight excluding hydrogens is 221 g/mol. The third-order valence-corrected chi connectivity index (χ3v) is 2.53. The number of hydrogen-bond donors (Lipinski definition) is 1. The average molecular weight is 233 g/mol. The Balaban J connectivity index is 2.68. The molecule has 0 bridgehead atoms. The van der Waals surface area contributed by atoms with Gasteiger partial charge in [0.15, 0.2) is 0 Å². The van der Waals surface area contributed by atoms with Gasteiger partial charge in [-0.1, -0.05) is 0 Å². The van der Waals surface area contributed by atoms with E-state index >= 15 is 0 Å². The lowest BCUT2D eigenvalue weighted by molar-refractivity contribution is 0.628. The molecule has 0 aliphatic carbocycles. The molecule has 0 fully saturated rings. The number of aryl methyl sites for hydroxylation is 2. The molecule has 2 rings (SSSR count). The van der Waals surface area contributed by atoms with E-state index in [2.05, 4.69) is 5.10 Å². The van der Waals surface area contributed by atoms with Crippen LogP contribution in [0, 0.1) is 12.7 Å². The molecule has 5 heteroatoms. The molecule has 0 amide bonds. The van der Waals surface area contributed by atoms with Crippen molar-refractivity contribution >= 4 is 5.69 Å². The molecule has 1 heterocycles. The fourth-order valence-electron chi connectivity index (χ4n) is 1.61. The molecule has 2 aromatic rings. The number of nitrogens with zero attached hydrogens (tertiary/aromatic N) is 2. The van der Waals surface area contributed by atoms with Crippen LogP contribution in [0.4, 0.5) is 10.1 Å². The monoisotopic (exact) mass is 233 g/mol. The van der Waals surface area contributed by atoms with E-state index in [1.807, 2.05) is 0 Å². The van der Waals surface area contributed by atoms with E-state index in [1.165, 1.54) is 23.9 Å². The molecule has 0 saturated heterocycles. The summed E-state index contributed by atoms with van der Waals surface area (Å²) in [5.41, 5.74) is 7.04. The molecule has 0 spiro atoms. The van der Waals surface area contributed by atoms with Crippen LogP contribution in [-0.4, -0.2) is 9.78 Å². The van der Waals surface area contributed by atoms with Gasteiger partial charge in [-0.15, -0.1) is 0 Å². The molecular formula is C12H12FN3O. The minimum absolute atomic E-state index is 0.220. The lowest BCUT2D eigenvalue weighted by Gasteiger charge is -2.08. The maximum Gasteiger partial charge on any atom is 0.266 e. The van der Waals surface area contributed by atoms with Crippen molar-refractivity contribution in [2.24, 2.45) is 7.05 Å². The highest BCUT2D eigenvalue weighted by Crippen LogP contribution is 2.24. The number of hydrogen-bond acceptors (Lipinski definition) is 3. The first-order valence-electron chi connectivity index (χ1n) is 5.09. The molecule has 0 unspecified atom stereocenters. The summed E-state index contributed by atoms with van der Waals surface area (Å²) < 4.78 is 14.9. The first kappa shape index (κ1) is 11.3. The summed E-state index contributed by atoms with van der Waals surface area (Å²) in [6.45, 7) is 1.72. The van der Waals surface area contributed by atoms with E-state index in [-0.39, 0.29) is 5.56 Å². The third kappa shape index (κ3) is 2.04. The SMILES string of the molecule is Cc1cc(=O)n(C)nc1-c1ccc(N)cc1F. The largest absolute Gasteiger partial charge is 0.399 e. The predicted octanol–water partition coefficient (Wildman–Crippen LogP) is 1.48. The van der Waals surface area contributed by atoms with E-state index in [9.17, 15) is 9.18 Å². The van der Waals surface area contributed by atoms with Gasteiger partial charge in [0.2, 0.25) is 0 Å². The molecule has 17 heavy (non-hydrogen) atoms. The Morgan fingerprint density at radius 2 is 2.06 bits per heavy atom. The Kier molecular flexibility index (Phi) is 2.67. The highest BCUT2D eigenvalue weighted by molar-refractivity contribution is 5.65. The van der Waals surface area contributed by atoms with Crippen LogP contribution in [0.2, 0.25) is 0 Å². The fourth-order valence-corrected chi connectivity index (χ4v) is 1.61. The quantitative estimate of drug-likeness (QED) is 0.759. The van der Waals surface area contributed by atoms with E-state index in [4.69, 9.17) is 5.73 Å². The Morgan fingerprint density at radius 1 is 1.35 bits per heavy atom. The molecule has 2 N–H and O–H groups in total. The van der Waals surface area contributed by atoms with Crippen molar-refractivity contribution in [3.05, 3.63) is 46.0 Å². The van der Waals surface area contributed by atoms with Crippen LogP contribution in [0.5, 0.6) is 0 Å². The summed E-state index contributed by atoms with van der Waals surface area (Å²) in [7, 11) is 1.53. The van der Waals surface area contributed by atoms with Gasteiger partial charge in [-0.25, -0.2) is 9.07 Å². The van der Waals surface area contributed by atoms with Gasteiger partial charge in [-0.05, 0) is 30.7 Å². The Hall–Kier alpha value is -2.17. The molecule has 0 atom stereocenters. The van der Waals surface area contributed by atoms with Crippen LogP contribution in [-0.2, 0) is 7.05 Å². The number of rotatable bonds is 1. The molecule has 0 aliphatic rings. The summed E-state index contributed by atoms with van der Waals surface area (Å²) >= 11 is 0. The number of nitrogens with two attached hydrogens (primary N) is 1. The second-order valence-corrected chi connectivity index (χ2v) is 3.88. The first-order valence-corrected chi connectivity index (χ1v) is 5.09. The zero-order valence-corrected chi connectivity index (χ0v) is 9.57. The summed E-state index contributed by atoms with van der Waals surface area (Å²) in [6, 6.07) is 5.83. The highest BCUT2D eigenvalue weighted by Gasteiger charge is 2.11. The van der Waals surface area contributed by atoms with Crippen molar-refractivity contribution in [3.63, 3.8) is 0 Å². The van der Waals surface area contributed by atoms with Gasteiger partial charge in [0.05, 0.1) is 5.69 Å². The zero-order chi connectivity index (χ0) is 12.6. The van der Waals surface area contributed by atoms with Crippen LogP contribution in [0.3, 0.4) is 0 Å². The van der Waals surface area contributed by atoms with Gasteiger partial charge in [-0.3, -0.25) is 4.79 Å². The number of aromatic nitrogens is 2. The summed E-state index contributed by atoms with van der Waals surface area (Å²) in [5, 5.41) is 4.06. The Bertz CT molecular complexity index is 634. The predicted molar refractivity (Wildman–Crippen MR) is 64.0 cm³/mol. The minimum Gasteiger partial charge on any atom is -0.399 e. The number of nitrogen functional groups attached to an aromatic ring is 1. The van der Waals surface area contributed by atoms with Crippen LogP contribution in [0.1, 0.15) is 5.56 Å². The molecule has 1 aromatic heterocycles. The number of anilines is 1. The smallest absolute Gasteiger partial charge is 0.266 e. The average Bonchev–Trinajstić information content (AvgIpc) is 2.24. The van der Waals surface area contributed by atoms with Gasteiger partial charge < -0.3 is 5.73 Å². The minimum atomic E-state index is -0.445. The summed E-state index contributed by atoms with van der Waals surface area (Å²) in [6.07, 6.45) is 0. The Labute approximate surface area is 97.5 Å². The molecule has 0 aliphatic heterocycles. The number of benzene rings is 1. The van der Waals surface area contributed by atoms with E-state index in [0.29, 0.717) is 22.5 Å². The second-order valence-electron chi connectivity index (χ2n) is 3.88. The van der Waals surface area contributed by atoms with Crippen molar-refractivity contribution in [1.29, 1.82) is 0 Å². The van der Waals surface area contributed by atoms with Gasteiger partial charge in [0.1, 0.15) is 5.82 Å². The lowest BCUT2D eigenvalue weighted by atomic mass is 10.1. The van der Waals surface area contributed by atoms with Gasteiger partial charge in [-0.2, -0.15) is 5.10 Å². The maximum absolute atomic E-state index is 13.7. The van der Waals surface area contributed by atoms with Crippen molar-refractivity contribution < 1.29 is 4.39 Å². The van der Waals surface area contributed by atoms with Crippen molar-refractivity contribution in [2.75, 3.05) is 5.73 Å². The van der Waals surface area contributed by atoms with Crippen LogP contribution in [0.25, 0.3) is 11.3 Å². The third-order valence-electron chi connectivity index (χ3n) is 2.53. The van der Waals surface area contributed by atoms with Crippen molar-refractivity contribution in [1.82, 2.24) is 9.78 Å². The Morgan fingerprint density at radius 3 is 2.71 bits per heavy atom. The van der Waals surface area contributed by atoms with Gasteiger partial charge in [0, 0.05) is 24.4 Å². The molecule has 1 aromatic carbocycles. The van der Waals surface area contributed by atoms with E-state index in [1.54, 1.807) is 19.1 Å². The summed E-state index contributed by atoms with van der Waals surface area (Å²) in [4.78, 5) is 11.3. The molecule has 0 radical (unpaired) electrons. The van der Waals surface area contributed by atoms with Gasteiger partial charge >= 0.3 is 0 Å². The highest BCUT2D eigenvalue weighted by atomic mass is 19.1. The lowest BCUT2D eigenvalue weighted by Crippen LogP contribution is -2.20. The van der Waals surface area contributed by atoms with E-state index < -0.39 is 5.82 Å². The molecule has 0 saturated carbocycles. The standard InChI is InChI=1S/C12H12FN3O/c1-7-5-11(17)16(2)15-12(7)9-4-3-8(14)6-10(9)13/h3-6H,14H2,1-2H3. The fraction of sp³-hybridized carbons (Fsp3) is 0.167. The maximum atomic E-state index is 13.7. The normalized spacial score (nSPS) is 10.5. The van der Waals surface area contributed by atoms with Crippen LogP contribution in [0.15, 0.2) is 29.1 Å². The topological polar surface area (TPSA) is 60.9 Å². The van der Waals surface area contributed by atoms with Crippen LogP contribution >= 0.6 is 0 Å². The molecule has 4 nitrogen and oxygen atoms in total. The van der Waals surface area contributed by atoms with Gasteiger partial charge in [0.25, 0.3) is 5.56 Å². The van der Waals surface area contributed by atoms with Crippen molar-refractivity contribution in [3.8, 4) is 11.3 Å².